The Morgan fingerprint density at radius 1 is 1.18 bits per heavy atom. The molecule has 0 radical (unpaired) electrons. The van der Waals surface area contributed by atoms with Crippen molar-refractivity contribution in [1.29, 1.82) is 0 Å². The summed E-state index contributed by atoms with van der Waals surface area (Å²) < 4.78 is 14.8. The van der Waals surface area contributed by atoms with Crippen molar-refractivity contribution in [3.8, 4) is 5.69 Å². The van der Waals surface area contributed by atoms with E-state index < -0.39 is 0 Å². The number of piperazine rings is 1. The number of rotatable bonds is 3. The van der Waals surface area contributed by atoms with Gasteiger partial charge >= 0.3 is 0 Å². The first kappa shape index (κ1) is 18.4. The fourth-order valence-corrected chi connectivity index (χ4v) is 3.61. The number of hydrogen-bond donors (Lipinski definition) is 1. The number of hydrogen-bond acceptors (Lipinski definition) is 4. The second kappa shape index (κ2) is 7.20. The average Bonchev–Trinajstić information content (AvgIpc) is 2.99. The van der Waals surface area contributed by atoms with E-state index in [2.05, 4.69) is 15.0 Å². The van der Waals surface area contributed by atoms with Gasteiger partial charge in [0.2, 0.25) is 5.91 Å². The number of carbonyl (C=O) groups excluding carboxylic acids is 1. The van der Waals surface area contributed by atoms with Gasteiger partial charge in [-0.25, -0.2) is 9.07 Å². The second-order valence-electron chi connectivity index (χ2n) is 7.14. The Labute approximate surface area is 161 Å². The van der Waals surface area contributed by atoms with Crippen LogP contribution in [0.2, 0.25) is 0 Å². The van der Waals surface area contributed by atoms with Crippen LogP contribution < -0.4 is 5.56 Å². The van der Waals surface area contributed by atoms with E-state index >= 15 is 0 Å². The molecule has 1 aliphatic heterocycles. The second-order valence-corrected chi connectivity index (χ2v) is 7.14. The van der Waals surface area contributed by atoms with Crippen molar-refractivity contribution in [1.82, 2.24) is 24.6 Å². The van der Waals surface area contributed by atoms with E-state index in [1.807, 2.05) is 17.9 Å². The molecule has 4 rings (SSSR count). The lowest BCUT2D eigenvalue weighted by atomic mass is 10.1. The topological polar surface area (TPSA) is 74.2 Å². The third-order valence-corrected chi connectivity index (χ3v) is 5.23. The van der Waals surface area contributed by atoms with Crippen LogP contribution in [0.3, 0.4) is 0 Å². The van der Waals surface area contributed by atoms with Gasteiger partial charge in [-0.3, -0.25) is 14.5 Å². The highest BCUT2D eigenvalue weighted by Gasteiger charge is 2.20. The van der Waals surface area contributed by atoms with Gasteiger partial charge in [-0.2, -0.15) is 5.10 Å². The number of aromatic amines is 1. The monoisotopic (exact) mass is 383 g/mol. The molecule has 1 amide bonds. The molecule has 0 spiro atoms. The Morgan fingerprint density at radius 2 is 1.86 bits per heavy atom. The summed E-state index contributed by atoms with van der Waals surface area (Å²) in [6.45, 7) is 6.83. The summed E-state index contributed by atoms with van der Waals surface area (Å²) in [5, 5.41) is 5.38. The lowest BCUT2D eigenvalue weighted by molar-refractivity contribution is -0.130. The van der Waals surface area contributed by atoms with E-state index in [-0.39, 0.29) is 17.3 Å². The number of fused-ring (bicyclic) bond motifs is 1. The fourth-order valence-electron chi connectivity index (χ4n) is 3.61. The Kier molecular flexibility index (Phi) is 4.72. The molecule has 7 nitrogen and oxygen atoms in total. The molecule has 1 saturated heterocycles. The van der Waals surface area contributed by atoms with Crippen LogP contribution in [0.4, 0.5) is 4.39 Å². The molecule has 0 aliphatic carbocycles. The van der Waals surface area contributed by atoms with Crippen LogP contribution in [0.25, 0.3) is 16.7 Å². The number of benzene rings is 1. The molecule has 2 aromatic heterocycles. The summed E-state index contributed by atoms with van der Waals surface area (Å²) in [6, 6.07) is 7.87. The molecule has 0 bridgehead atoms. The minimum atomic E-state index is -0.322. The Hall–Kier alpha value is -3.00. The van der Waals surface area contributed by atoms with Crippen molar-refractivity contribution in [2.45, 2.75) is 20.4 Å². The lowest BCUT2D eigenvalue weighted by Gasteiger charge is -2.34. The fraction of sp³-hybridized carbons (Fsp3) is 0.350. The predicted octanol–water partition coefficient (Wildman–Crippen LogP) is 1.83. The average molecular weight is 383 g/mol. The van der Waals surface area contributed by atoms with Crippen LogP contribution in [-0.4, -0.2) is 56.7 Å². The number of aromatic nitrogens is 3. The first-order chi connectivity index (χ1) is 13.4. The number of pyridine rings is 1. The number of nitrogens with one attached hydrogen (secondary N) is 1. The maximum atomic E-state index is 13.2. The van der Waals surface area contributed by atoms with Gasteiger partial charge in [0.1, 0.15) is 11.5 Å². The van der Waals surface area contributed by atoms with E-state index in [9.17, 15) is 14.0 Å². The summed E-state index contributed by atoms with van der Waals surface area (Å²) >= 11 is 0. The van der Waals surface area contributed by atoms with Crippen LogP contribution in [-0.2, 0) is 11.3 Å². The van der Waals surface area contributed by atoms with Gasteiger partial charge in [-0.05, 0) is 37.3 Å². The van der Waals surface area contributed by atoms with E-state index in [1.165, 1.54) is 12.1 Å². The number of amides is 1. The first-order valence-electron chi connectivity index (χ1n) is 9.28. The van der Waals surface area contributed by atoms with E-state index in [0.717, 1.165) is 24.2 Å². The minimum absolute atomic E-state index is 0.0859. The smallest absolute Gasteiger partial charge is 0.254 e. The quantitative estimate of drug-likeness (QED) is 0.749. The molecule has 146 valence electrons. The van der Waals surface area contributed by atoms with Gasteiger partial charge < -0.3 is 9.88 Å². The van der Waals surface area contributed by atoms with E-state index in [0.29, 0.717) is 36.5 Å². The molecule has 0 unspecified atom stereocenters. The Morgan fingerprint density at radius 3 is 2.50 bits per heavy atom. The molecule has 3 heterocycles. The largest absolute Gasteiger partial charge is 0.340 e. The number of carbonyl (C=O) groups is 1. The number of H-pyrrole nitrogens is 1. The number of nitrogens with zero attached hydrogens (tertiary/aromatic N) is 4. The van der Waals surface area contributed by atoms with Crippen LogP contribution in [0.1, 0.15) is 18.2 Å². The van der Waals surface area contributed by atoms with Crippen LogP contribution >= 0.6 is 0 Å². The molecular weight excluding hydrogens is 361 g/mol. The zero-order chi connectivity index (χ0) is 19.8. The van der Waals surface area contributed by atoms with Crippen LogP contribution in [0.15, 0.2) is 35.1 Å². The minimum Gasteiger partial charge on any atom is -0.340 e. The summed E-state index contributed by atoms with van der Waals surface area (Å²) in [4.78, 5) is 31.1. The SMILES string of the molecule is CC(=O)N1CCN(Cc2cc3c(C)nn(-c4ccc(F)cc4)c3[nH]c2=O)CC1. The molecule has 1 aliphatic rings. The molecule has 3 aromatic rings. The van der Waals surface area contributed by atoms with Crippen molar-refractivity contribution >= 4 is 16.9 Å². The zero-order valence-electron chi connectivity index (χ0n) is 15.9. The third-order valence-electron chi connectivity index (χ3n) is 5.23. The van der Waals surface area contributed by atoms with Crippen molar-refractivity contribution in [2.75, 3.05) is 26.2 Å². The highest BCUT2D eigenvalue weighted by molar-refractivity contribution is 5.80. The zero-order valence-corrected chi connectivity index (χ0v) is 15.9. The molecule has 1 aromatic carbocycles. The van der Waals surface area contributed by atoms with Gasteiger partial charge in [0.15, 0.2) is 0 Å². The van der Waals surface area contributed by atoms with Crippen LogP contribution in [0.5, 0.6) is 0 Å². The Bertz CT molecular complexity index is 1080. The van der Waals surface area contributed by atoms with Gasteiger partial charge in [-0.1, -0.05) is 0 Å². The van der Waals surface area contributed by atoms with Gasteiger partial charge in [0.25, 0.3) is 5.56 Å². The summed E-state index contributed by atoms with van der Waals surface area (Å²) in [6.07, 6.45) is 0. The van der Waals surface area contributed by atoms with E-state index in [4.69, 9.17) is 0 Å². The summed E-state index contributed by atoms with van der Waals surface area (Å²) in [5.74, 6) is -0.236. The van der Waals surface area contributed by atoms with Gasteiger partial charge in [0, 0.05) is 50.6 Å². The van der Waals surface area contributed by atoms with Crippen molar-refractivity contribution in [2.24, 2.45) is 0 Å². The number of aryl methyl sites for hydroxylation is 1. The molecule has 0 saturated carbocycles. The van der Waals surface area contributed by atoms with Gasteiger partial charge in [0.05, 0.1) is 11.4 Å². The third kappa shape index (κ3) is 3.43. The molecular formula is C20H22FN5O2. The molecule has 28 heavy (non-hydrogen) atoms. The van der Waals surface area contributed by atoms with Crippen molar-refractivity contribution < 1.29 is 9.18 Å². The summed E-state index contributed by atoms with van der Waals surface area (Å²) in [7, 11) is 0. The molecule has 8 heteroatoms. The van der Waals surface area contributed by atoms with Crippen LogP contribution in [0, 0.1) is 12.7 Å². The predicted molar refractivity (Wildman–Crippen MR) is 104 cm³/mol. The highest BCUT2D eigenvalue weighted by Crippen LogP contribution is 2.20. The maximum Gasteiger partial charge on any atom is 0.254 e. The summed E-state index contributed by atoms with van der Waals surface area (Å²) in [5.41, 5.74) is 2.58. The molecule has 1 N–H and O–H groups in total. The first-order valence-corrected chi connectivity index (χ1v) is 9.28. The van der Waals surface area contributed by atoms with Gasteiger partial charge in [-0.15, -0.1) is 0 Å². The highest BCUT2D eigenvalue weighted by atomic mass is 19.1. The van der Waals surface area contributed by atoms with Crippen molar-refractivity contribution in [3.05, 3.63) is 57.8 Å². The van der Waals surface area contributed by atoms with E-state index in [1.54, 1.807) is 23.7 Å². The molecule has 0 atom stereocenters. The normalized spacial score (nSPS) is 15.3. The maximum absolute atomic E-state index is 13.2. The molecule has 1 fully saturated rings. The van der Waals surface area contributed by atoms with Crippen molar-refractivity contribution in [3.63, 3.8) is 0 Å². The Balaban J connectivity index is 1.63. The standard InChI is InChI=1S/C20H22FN5O2/c1-13-18-11-15(12-24-7-9-25(10-8-24)14(2)27)20(28)22-19(18)26(23-13)17-5-3-16(21)4-6-17/h3-6,11H,7-10,12H2,1-2H3,(H,22,28). The lowest BCUT2D eigenvalue weighted by Crippen LogP contribution is -2.48. The number of halogens is 1.